The molecule has 0 radical (unpaired) electrons. The minimum absolute atomic E-state index is 0.382. The van der Waals surface area contributed by atoms with Gasteiger partial charge in [0.25, 0.3) is 0 Å². The number of rotatable bonds is 5. The topological polar surface area (TPSA) is 77.4 Å². The summed E-state index contributed by atoms with van der Waals surface area (Å²) in [4.78, 5) is 0. The number of benzene rings is 1. The fourth-order valence-electron chi connectivity index (χ4n) is 1.94. The summed E-state index contributed by atoms with van der Waals surface area (Å²) in [6.45, 7) is 4.84. The summed E-state index contributed by atoms with van der Waals surface area (Å²) in [6.07, 6.45) is 3.01. The fraction of sp³-hybridized carbons (Fsp3) is 0.312. The molecule has 5 nitrogen and oxygen atoms in total. The molecule has 21 heavy (non-hydrogen) atoms. The van der Waals surface area contributed by atoms with Gasteiger partial charge in [0, 0.05) is 17.9 Å². The van der Waals surface area contributed by atoms with Crippen LogP contribution in [0.3, 0.4) is 0 Å². The van der Waals surface area contributed by atoms with Crippen LogP contribution in [-0.4, -0.2) is 9.78 Å². The lowest BCUT2D eigenvalue weighted by Gasteiger charge is -2.08. The van der Waals surface area contributed by atoms with Gasteiger partial charge in [-0.2, -0.15) is 15.6 Å². The van der Waals surface area contributed by atoms with Crippen molar-refractivity contribution in [1.29, 1.82) is 10.5 Å². The van der Waals surface area contributed by atoms with Crippen LogP contribution in [0.25, 0.3) is 0 Å². The van der Waals surface area contributed by atoms with Crippen LogP contribution in [-0.2, 0) is 6.54 Å². The molecule has 1 aromatic heterocycles. The Morgan fingerprint density at radius 1 is 1.24 bits per heavy atom. The van der Waals surface area contributed by atoms with E-state index in [9.17, 15) is 0 Å². The van der Waals surface area contributed by atoms with Crippen molar-refractivity contribution in [3.8, 4) is 12.1 Å². The molecular formula is C16H17N5. The van der Waals surface area contributed by atoms with Crippen LogP contribution in [0.1, 0.15) is 43.1 Å². The Kier molecular flexibility index (Phi) is 4.58. The summed E-state index contributed by atoms with van der Waals surface area (Å²) in [5, 5.41) is 25.6. The Balaban J connectivity index is 2.05. The highest BCUT2D eigenvalue weighted by atomic mass is 15.3. The first kappa shape index (κ1) is 14.6. The van der Waals surface area contributed by atoms with Crippen molar-refractivity contribution in [3.05, 3.63) is 47.3 Å². The zero-order valence-electron chi connectivity index (χ0n) is 12.2. The molecule has 1 unspecified atom stereocenters. The zero-order valence-corrected chi connectivity index (χ0v) is 12.2. The first-order chi connectivity index (χ1) is 10.2. The van der Waals surface area contributed by atoms with Gasteiger partial charge in [-0.05, 0) is 37.6 Å². The van der Waals surface area contributed by atoms with Crippen molar-refractivity contribution in [3.63, 3.8) is 0 Å². The number of nitriles is 2. The van der Waals surface area contributed by atoms with E-state index in [0.717, 1.165) is 17.8 Å². The lowest BCUT2D eigenvalue weighted by atomic mass is 10.1. The molecule has 0 saturated carbocycles. The molecule has 1 aromatic carbocycles. The minimum atomic E-state index is 0.382. The van der Waals surface area contributed by atoms with Crippen LogP contribution in [0.15, 0.2) is 30.5 Å². The molecule has 0 bridgehead atoms. The molecule has 1 heterocycles. The van der Waals surface area contributed by atoms with Crippen LogP contribution in [0.5, 0.6) is 0 Å². The Bertz CT molecular complexity index is 702. The van der Waals surface area contributed by atoms with Crippen molar-refractivity contribution >= 4 is 5.69 Å². The van der Waals surface area contributed by atoms with Gasteiger partial charge in [0.15, 0.2) is 0 Å². The van der Waals surface area contributed by atoms with E-state index in [-0.39, 0.29) is 0 Å². The summed E-state index contributed by atoms with van der Waals surface area (Å²) in [6, 6.07) is 11.5. The second-order valence-electron chi connectivity index (χ2n) is 4.88. The van der Waals surface area contributed by atoms with Crippen molar-refractivity contribution < 1.29 is 0 Å². The van der Waals surface area contributed by atoms with Gasteiger partial charge in [0.05, 0.1) is 23.4 Å². The molecular weight excluding hydrogens is 262 g/mol. The van der Waals surface area contributed by atoms with E-state index in [4.69, 9.17) is 10.5 Å². The van der Waals surface area contributed by atoms with E-state index in [1.54, 1.807) is 18.2 Å². The monoisotopic (exact) mass is 279 g/mol. The lowest BCUT2D eigenvalue weighted by molar-refractivity contribution is 0.474. The van der Waals surface area contributed by atoms with Crippen molar-refractivity contribution in [2.45, 2.75) is 32.9 Å². The molecule has 0 aliphatic carbocycles. The molecule has 0 aliphatic heterocycles. The largest absolute Gasteiger partial charge is 0.379 e. The summed E-state index contributed by atoms with van der Waals surface area (Å²) in [5.74, 6) is 0. The SMILES string of the molecule is CCC(C)n1ccc(CNc2ccc(C#N)c(C#N)c2)n1. The van der Waals surface area contributed by atoms with Crippen LogP contribution >= 0.6 is 0 Å². The van der Waals surface area contributed by atoms with Gasteiger partial charge in [-0.25, -0.2) is 0 Å². The lowest BCUT2D eigenvalue weighted by Crippen LogP contribution is -2.06. The van der Waals surface area contributed by atoms with Crippen molar-refractivity contribution in [2.75, 3.05) is 5.32 Å². The first-order valence-corrected chi connectivity index (χ1v) is 6.90. The smallest absolute Gasteiger partial charge is 0.101 e. The third-order valence-electron chi connectivity index (χ3n) is 3.44. The van der Waals surface area contributed by atoms with Gasteiger partial charge in [0.1, 0.15) is 12.1 Å². The predicted molar refractivity (Wildman–Crippen MR) is 80.4 cm³/mol. The average Bonchev–Trinajstić information content (AvgIpc) is 3.00. The molecule has 2 rings (SSSR count). The highest BCUT2D eigenvalue weighted by Crippen LogP contribution is 2.16. The van der Waals surface area contributed by atoms with E-state index < -0.39 is 0 Å². The number of nitrogens with zero attached hydrogens (tertiary/aromatic N) is 4. The average molecular weight is 279 g/mol. The highest BCUT2D eigenvalue weighted by Gasteiger charge is 2.06. The second-order valence-corrected chi connectivity index (χ2v) is 4.88. The van der Waals surface area contributed by atoms with Gasteiger partial charge in [-0.15, -0.1) is 0 Å². The molecule has 0 amide bonds. The molecule has 2 aromatic rings. The Morgan fingerprint density at radius 3 is 2.67 bits per heavy atom. The maximum Gasteiger partial charge on any atom is 0.101 e. The van der Waals surface area contributed by atoms with E-state index >= 15 is 0 Å². The van der Waals surface area contributed by atoms with Crippen LogP contribution in [0.2, 0.25) is 0 Å². The normalized spacial score (nSPS) is 11.4. The van der Waals surface area contributed by atoms with E-state index in [1.807, 2.05) is 29.1 Å². The molecule has 0 aliphatic rings. The van der Waals surface area contributed by atoms with Gasteiger partial charge in [0.2, 0.25) is 0 Å². The maximum absolute atomic E-state index is 9.01. The molecule has 1 atom stereocenters. The molecule has 0 fully saturated rings. The summed E-state index contributed by atoms with van der Waals surface area (Å²) in [7, 11) is 0. The first-order valence-electron chi connectivity index (χ1n) is 6.90. The quantitative estimate of drug-likeness (QED) is 0.911. The number of hydrogen-bond donors (Lipinski definition) is 1. The summed E-state index contributed by atoms with van der Waals surface area (Å²) >= 11 is 0. The van der Waals surface area contributed by atoms with Gasteiger partial charge in [-0.1, -0.05) is 6.92 Å². The highest BCUT2D eigenvalue weighted by molar-refractivity contribution is 5.56. The molecule has 0 spiro atoms. The number of nitrogens with one attached hydrogen (secondary N) is 1. The predicted octanol–water partition coefficient (Wildman–Crippen LogP) is 3.21. The molecule has 5 heteroatoms. The van der Waals surface area contributed by atoms with Gasteiger partial charge < -0.3 is 5.32 Å². The van der Waals surface area contributed by atoms with E-state index in [2.05, 4.69) is 24.3 Å². The molecule has 1 N–H and O–H groups in total. The van der Waals surface area contributed by atoms with Crippen LogP contribution in [0.4, 0.5) is 5.69 Å². The molecule has 106 valence electrons. The Hall–Kier alpha value is -2.79. The fourth-order valence-corrected chi connectivity index (χ4v) is 1.94. The van der Waals surface area contributed by atoms with Gasteiger partial charge in [-0.3, -0.25) is 4.68 Å². The maximum atomic E-state index is 9.01. The zero-order chi connectivity index (χ0) is 15.2. The second kappa shape index (κ2) is 6.58. The third-order valence-corrected chi connectivity index (χ3v) is 3.44. The third kappa shape index (κ3) is 3.40. The van der Waals surface area contributed by atoms with Crippen LogP contribution in [0, 0.1) is 22.7 Å². The van der Waals surface area contributed by atoms with E-state index in [0.29, 0.717) is 23.7 Å². The molecule has 0 saturated heterocycles. The van der Waals surface area contributed by atoms with Crippen molar-refractivity contribution in [1.82, 2.24) is 9.78 Å². The number of aromatic nitrogens is 2. The summed E-state index contributed by atoms with van der Waals surface area (Å²) in [5.41, 5.74) is 2.53. The number of hydrogen-bond acceptors (Lipinski definition) is 4. The van der Waals surface area contributed by atoms with Gasteiger partial charge >= 0.3 is 0 Å². The van der Waals surface area contributed by atoms with Crippen molar-refractivity contribution in [2.24, 2.45) is 0 Å². The number of anilines is 1. The Labute approximate surface area is 124 Å². The van der Waals surface area contributed by atoms with E-state index in [1.165, 1.54) is 0 Å². The standard InChI is InChI=1S/C16H17N5/c1-3-12(2)21-7-6-16(20-21)11-19-15-5-4-13(9-17)14(8-15)10-18/h4-8,12,19H,3,11H2,1-2H3. The minimum Gasteiger partial charge on any atom is -0.379 e. The Morgan fingerprint density at radius 2 is 2.00 bits per heavy atom. The van der Waals surface area contributed by atoms with Crippen LogP contribution < -0.4 is 5.32 Å². The summed E-state index contributed by atoms with van der Waals surface area (Å²) < 4.78 is 1.95.